The number of rotatable bonds is 5. The van der Waals surface area contributed by atoms with Crippen LogP contribution in [0, 0.1) is 0 Å². The van der Waals surface area contributed by atoms with Gasteiger partial charge in [0.1, 0.15) is 0 Å². The molecular weight excluding hydrogens is 334 g/mol. The van der Waals surface area contributed by atoms with Gasteiger partial charge in [0.2, 0.25) is 15.9 Å². The van der Waals surface area contributed by atoms with Crippen LogP contribution < -0.4 is 16.2 Å². The summed E-state index contributed by atoms with van der Waals surface area (Å²) in [6.45, 7) is 1.78. The molecule has 0 aliphatic rings. The minimum atomic E-state index is -3.74. The van der Waals surface area contributed by atoms with Gasteiger partial charge >= 0.3 is 0 Å². The van der Waals surface area contributed by atoms with Crippen molar-refractivity contribution in [3.63, 3.8) is 0 Å². The molecule has 0 aromatic heterocycles. The van der Waals surface area contributed by atoms with Gasteiger partial charge in [0.15, 0.2) is 0 Å². The van der Waals surface area contributed by atoms with Crippen molar-refractivity contribution in [2.45, 2.75) is 22.0 Å². The fraction of sp³-hybridized carbons (Fsp3) is 0.133. The predicted octanol–water partition coefficient (Wildman–Crippen LogP) is 2.04. The lowest BCUT2D eigenvalue weighted by atomic mass is 10.3. The van der Waals surface area contributed by atoms with Crippen molar-refractivity contribution in [2.75, 3.05) is 11.1 Å². The third-order valence-electron chi connectivity index (χ3n) is 2.99. The number of nitrogens with two attached hydrogens (primary N) is 2. The topological polar surface area (TPSA) is 115 Å². The number of thioether (sulfide) groups is 1. The first kappa shape index (κ1) is 17.3. The molecule has 0 aliphatic heterocycles. The van der Waals surface area contributed by atoms with E-state index in [9.17, 15) is 13.2 Å². The summed E-state index contributed by atoms with van der Waals surface area (Å²) in [6.07, 6.45) is 0. The van der Waals surface area contributed by atoms with Crippen molar-refractivity contribution in [3.8, 4) is 0 Å². The summed E-state index contributed by atoms with van der Waals surface area (Å²) in [4.78, 5) is 13.1. The Balaban J connectivity index is 2.01. The van der Waals surface area contributed by atoms with Crippen LogP contribution >= 0.6 is 11.8 Å². The van der Waals surface area contributed by atoms with Crippen molar-refractivity contribution in [1.29, 1.82) is 0 Å². The molecule has 0 aliphatic carbocycles. The molecule has 5 N–H and O–H groups in total. The summed E-state index contributed by atoms with van der Waals surface area (Å²) in [5.74, 6) is -0.194. The molecular formula is C15H17N3O3S2. The van der Waals surface area contributed by atoms with Gasteiger partial charge in [0.05, 0.1) is 10.1 Å². The Bertz CT molecular complexity index is 805. The number of amides is 1. The van der Waals surface area contributed by atoms with E-state index in [1.807, 2.05) is 12.1 Å². The van der Waals surface area contributed by atoms with Crippen LogP contribution in [-0.2, 0) is 14.8 Å². The highest BCUT2D eigenvalue weighted by molar-refractivity contribution is 8.00. The third-order valence-corrected chi connectivity index (χ3v) is 5.01. The van der Waals surface area contributed by atoms with Gasteiger partial charge in [-0.25, -0.2) is 13.6 Å². The molecule has 8 heteroatoms. The maximum atomic E-state index is 12.2. The first-order valence-electron chi connectivity index (χ1n) is 6.71. The zero-order valence-corrected chi connectivity index (χ0v) is 14.0. The van der Waals surface area contributed by atoms with E-state index in [-0.39, 0.29) is 16.1 Å². The Morgan fingerprint density at radius 2 is 1.83 bits per heavy atom. The summed E-state index contributed by atoms with van der Waals surface area (Å²) in [7, 11) is -3.74. The Kier molecular flexibility index (Phi) is 5.30. The summed E-state index contributed by atoms with van der Waals surface area (Å²) in [6, 6.07) is 13.0. The van der Waals surface area contributed by atoms with E-state index < -0.39 is 10.0 Å². The summed E-state index contributed by atoms with van der Waals surface area (Å²) in [5.41, 5.74) is 6.85. The monoisotopic (exact) mass is 351 g/mol. The Labute approximate surface area is 139 Å². The molecule has 23 heavy (non-hydrogen) atoms. The van der Waals surface area contributed by atoms with E-state index in [0.717, 1.165) is 4.90 Å². The molecule has 0 bridgehead atoms. The predicted molar refractivity (Wildman–Crippen MR) is 92.6 cm³/mol. The van der Waals surface area contributed by atoms with Gasteiger partial charge in [-0.05, 0) is 49.4 Å². The molecule has 1 atom stereocenters. The highest BCUT2D eigenvalue weighted by atomic mass is 32.2. The fourth-order valence-electron chi connectivity index (χ4n) is 1.82. The summed E-state index contributed by atoms with van der Waals surface area (Å²) < 4.78 is 22.4. The molecule has 1 unspecified atom stereocenters. The average molecular weight is 351 g/mol. The van der Waals surface area contributed by atoms with Gasteiger partial charge in [-0.15, -0.1) is 11.8 Å². The van der Waals surface area contributed by atoms with Crippen LogP contribution in [0.2, 0.25) is 0 Å². The van der Waals surface area contributed by atoms with Crippen molar-refractivity contribution in [1.82, 2.24) is 0 Å². The van der Waals surface area contributed by atoms with Crippen molar-refractivity contribution < 1.29 is 13.2 Å². The Hall–Kier alpha value is -2.03. The number of hydrogen-bond acceptors (Lipinski definition) is 5. The maximum absolute atomic E-state index is 12.2. The van der Waals surface area contributed by atoms with E-state index in [1.165, 1.54) is 36.0 Å². The van der Waals surface area contributed by atoms with E-state index in [0.29, 0.717) is 11.4 Å². The zero-order chi connectivity index (χ0) is 17.0. The Morgan fingerprint density at radius 1 is 1.17 bits per heavy atom. The number of nitrogens with one attached hydrogen (secondary N) is 1. The maximum Gasteiger partial charge on any atom is 0.238 e. The standard InChI is InChI=1S/C15H17N3O3S2/c1-10(22-13-4-2-3-11(16)9-13)15(19)18-12-5-7-14(8-6-12)23(17,20)21/h2-10H,16H2,1H3,(H,18,19)(H2,17,20,21). The molecule has 0 saturated carbocycles. The number of primary sulfonamides is 1. The molecule has 0 radical (unpaired) electrons. The van der Waals surface area contributed by atoms with Crippen LogP contribution in [0.5, 0.6) is 0 Å². The number of carbonyl (C=O) groups is 1. The lowest BCUT2D eigenvalue weighted by Gasteiger charge is -2.12. The average Bonchev–Trinajstić information content (AvgIpc) is 2.46. The van der Waals surface area contributed by atoms with Crippen LogP contribution in [0.1, 0.15) is 6.92 Å². The van der Waals surface area contributed by atoms with Crippen molar-refractivity contribution >= 4 is 39.1 Å². The number of anilines is 2. The lowest BCUT2D eigenvalue weighted by molar-refractivity contribution is -0.115. The fourth-order valence-corrected chi connectivity index (χ4v) is 3.27. The van der Waals surface area contributed by atoms with Crippen LogP contribution in [0.25, 0.3) is 0 Å². The highest BCUT2D eigenvalue weighted by Crippen LogP contribution is 2.25. The molecule has 1 amide bonds. The molecule has 0 fully saturated rings. The molecule has 0 spiro atoms. The summed E-state index contributed by atoms with van der Waals surface area (Å²) >= 11 is 1.38. The van der Waals surface area contributed by atoms with E-state index >= 15 is 0 Å². The minimum absolute atomic E-state index is 0.00215. The second kappa shape index (κ2) is 7.03. The SMILES string of the molecule is CC(Sc1cccc(N)c1)C(=O)Nc1ccc(S(N)(=O)=O)cc1. The smallest absolute Gasteiger partial charge is 0.238 e. The van der Waals surface area contributed by atoms with Crippen LogP contribution in [0.4, 0.5) is 11.4 Å². The highest BCUT2D eigenvalue weighted by Gasteiger charge is 2.15. The number of benzene rings is 2. The van der Waals surface area contributed by atoms with Gasteiger partial charge < -0.3 is 11.1 Å². The van der Waals surface area contributed by atoms with Gasteiger partial charge in [-0.2, -0.15) is 0 Å². The molecule has 2 rings (SSSR count). The van der Waals surface area contributed by atoms with Gasteiger partial charge in [-0.1, -0.05) is 6.07 Å². The van der Waals surface area contributed by atoms with Crippen LogP contribution in [0.3, 0.4) is 0 Å². The minimum Gasteiger partial charge on any atom is -0.399 e. The van der Waals surface area contributed by atoms with E-state index in [4.69, 9.17) is 10.9 Å². The molecule has 6 nitrogen and oxygen atoms in total. The van der Waals surface area contributed by atoms with Crippen molar-refractivity contribution in [2.24, 2.45) is 5.14 Å². The molecule has 0 saturated heterocycles. The summed E-state index contributed by atoms with van der Waals surface area (Å²) in [5, 5.41) is 7.42. The molecule has 2 aromatic carbocycles. The second-order valence-electron chi connectivity index (χ2n) is 4.89. The molecule has 0 heterocycles. The molecule has 2 aromatic rings. The number of nitrogen functional groups attached to an aromatic ring is 1. The quantitative estimate of drug-likeness (QED) is 0.563. The Morgan fingerprint density at radius 3 is 2.39 bits per heavy atom. The van der Waals surface area contributed by atoms with Crippen LogP contribution in [-0.4, -0.2) is 19.6 Å². The normalized spacial score (nSPS) is 12.6. The first-order chi connectivity index (χ1) is 10.8. The van der Waals surface area contributed by atoms with Crippen molar-refractivity contribution in [3.05, 3.63) is 48.5 Å². The number of sulfonamides is 1. The third kappa shape index (κ3) is 4.98. The number of hydrogen-bond donors (Lipinski definition) is 3. The van der Waals surface area contributed by atoms with E-state index in [2.05, 4.69) is 5.32 Å². The van der Waals surface area contributed by atoms with Gasteiger partial charge in [0.25, 0.3) is 0 Å². The number of carbonyl (C=O) groups excluding carboxylic acids is 1. The largest absolute Gasteiger partial charge is 0.399 e. The van der Waals surface area contributed by atoms with Crippen LogP contribution in [0.15, 0.2) is 58.3 Å². The molecule has 122 valence electrons. The second-order valence-corrected chi connectivity index (χ2v) is 7.87. The lowest BCUT2D eigenvalue weighted by Crippen LogP contribution is -2.22. The first-order valence-corrected chi connectivity index (χ1v) is 9.14. The van der Waals surface area contributed by atoms with E-state index in [1.54, 1.807) is 19.1 Å². The zero-order valence-electron chi connectivity index (χ0n) is 12.4. The van der Waals surface area contributed by atoms with Gasteiger partial charge in [-0.3, -0.25) is 4.79 Å². The van der Waals surface area contributed by atoms with Gasteiger partial charge in [0, 0.05) is 16.3 Å².